The number of para-hydroxylation sites is 1. The first-order valence-electron chi connectivity index (χ1n) is 12.1. The normalized spacial score (nSPS) is 16.6. The second-order valence-corrected chi connectivity index (χ2v) is 9.43. The molecule has 0 radical (unpaired) electrons. The number of amides is 1. The number of thiazole rings is 1. The smallest absolute Gasteiger partial charge is 0.350 e. The summed E-state index contributed by atoms with van der Waals surface area (Å²) in [5, 5.41) is 11.6. The quantitative estimate of drug-likeness (QED) is 0.186. The van der Waals surface area contributed by atoms with Gasteiger partial charge in [0.15, 0.2) is 5.13 Å². The number of hydrogen-bond donors (Lipinski definition) is 1. The van der Waals surface area contributed by atoms with Gasteiger partial charge in [0.2, 0.25) is 0 Å². The highest BCUT2D eigenvalue weighted by Crippen LogP contribution is 2.46. The van der Waals surface area contributed by atoms with Crippen LogP contribution in [0.5, 0.6) is 11.5 Å². The number of aromatic nitrogens is 1. The Balaban J connectivity index is 1.95. The van der Waals surface area contributed by atoms with E-state index < -0.39 is 23.7 Å². The van der Waals surface area contributed by atoms with Crippen LogP contribution in [0.25, 0.3) is 5.76 Å². The molecule has 1 atom stereocenters. The number of rotatable bonds is 8. The monoisotopic (exact) mass is 536 g/mol. The van der Waals surface area contributed by atoms with Crippen molar-refractivity contribution < 1.29 is 33.7 Å². The number of carbonyl (C=O) groups excluding carboxylic acids is 3. The van der Waals surface area contributed by atoms with E-state index in [-0.39, 0.29) is 27.9 Å². The molecular formula is C28H28N2O7S. The molecule has 1 aliphatic heterocycles. The van der Waals surface area contributed by atoms with Crippen molar-refractivity contribution in [1.29, 1.82) is 0 Å². The molecule has 0 unspecified atom stereocenters. The van der Waals surface area contributed by atoms with Crippen molar-refractivity contribution in [3.63, 3.8) is 0 Å². The van der Waals surface area contributed by atoms with Crippen molar-refractivity contribution in [1.82, 2.24) is 4.98 Å². The zero-order valence-electron chi connectivity index (χ0n) is 21.7. The summed E-state index contributed by atoms with van der Waals surface area (Å²) in [4.78, 5) is 45.4. The first-order valence-corrected chi connectivity index (χ1v) is 12.9. The number of methoxy groups -OCH3 is 1. The van der Waals surface area contributed by atoms with Gasteiger partial charge in [-0.15, -0.1) is 0 Å². The predicted molar refractivity (Wildman–Crippen MR) is 143 cm³/mol. The molecule has 4 rings (SSSR count). The number of nitrogens with zero attached hydrogens (tertiary/aromatic N) is 2. The number of Topliss-reactive ketones (excluding diaryl/α,β-unsaturated/α-hetero) is 1. The number of aryl methyl sites for hydroxylation is 2. The molecule has 1 aliphatic rings. The predicted octanol–water partition coefficient (Wildman–Crippen LogP) is 4.97. The summed E-state index contributed by atoms with van der Waals surface area (Å²) in [6.07, 6.45) is 0. The molecule has 198 valence electrons. The Morgan fingerprint density at radius 1 is 1.08 bits per heavy atom. The minimum Gasteiger partial charge on any atom is -0.507 e. The fraction of sp³-hybridized carbons (Fsp3) is 0.286. The highest BCUT2D eigenvalue weighted by Gasteiger charge is 2.49. The molecular weight excluding hydrogens is 508 g/mol. The molecule has 0 saturated carbocycles. The van der Waals surface area contributed by atoms with Crippen molar-refractivity contribution in [2.24, 2.45) is 0 Å². The van der Waals surface area contributed by atoms with Crippen molar-refractivity contribution in [3.8, 4) is 11.5 Å². The Bertz CT molecular complexity index is 1440. The summed E-state index contributed by atoms with van der Waals surface area (Å²) in [6.45, 7) is 7.48. The number of esters is 1. The first kappa shape index (κ1) is 26.9. The summed E-state index contributed by atoms with van der Waals surface area (Å²) >= 11 is 0.951. The van der Waals surface area contributed by atoms with Crippen LogP contribution in [-0.4, -0.2) is 48.1 Å². The van der Waals surface area contributed by atoms with E-state index in [2.05, 4.69) is 4.98 Å². The maximum Gasteiger partial charge on any atom is 0.350 e. The lowest BCUT2D eigenvalue weighted by molar-refractivity contribution is -0.132. The molecule has 10 heteroatoms. The summed E-state index contributed by atoms with van der Waals surface area (Å²) in [6, 6.07) is 10.9. The maximum absolute atomic E-state index is 13.5. The molecule has 1 fully saturated rings. The lowest BCUT2D eigenvalue weighted by Crippen LogP contribution is -2.29. The summed E-state index contributed by atoms with van der Waals surface area (Å²) in [7, 11) is 1.54. The van der Waals surface area contributed by atoms with Gasteiger partial charge in [-0.3, -0.25) is 14.5 Å². The Morgan fingerprint density at radius 2 is 1.82 bits per heavy atom. The molecule has 9 nitrogen and oxygen atoms in total. The fourth-order valence-electron chi connectivity index (χ4n) is 4.37. The Kier molecular flexibility index (Phi) is 7.82. The van der Waals surface area contributed by atoms with Gasteiger partial charge >= 0.3 is 11.9 Å². The minimum atomic E-state index is -1.05. The van der Waals surface area contributed by atoms with Gasteiger partial charge in [-0.2, -0.15) is 0 Å². The van der Waals surface area contributed by atoms with Crippen LogP contribution < -0.4 is 14.4 Å². The SMILES string of the molecule is CCOC(=O)c1sc(N2C(=O)C(=O)/C(=C(/O)c3ccc(OC)c(C)c3)[C@@H]2c2ccccc2OCC)nc1C. The average Bonchev–Trinajstić information content (AvgIpc) is 3.40. The number of benzene rings is 2. The van der Waals surface area contributed by atoms with E-state index in [1.807, 2.05) is 13.8 Å². The second-order valence-electron chi connectivity index (χ2n) is 8.46. The Morgan fingerprint density at radius 3 is 2.47 bits per heavy atom. The summed E-state index contributed by atoms with van der Waals surface area (Å²) < 4.78 is 16.3. The highest BCUT2D eigenvalue weighted by molar-refractivity contribution is 7.17. The second kappa shape index (κ2) is 11.1. The lowest BCUT2D eigenvalue weighted by atomic mass is 9.94. The van der Waals surface area contributed by atoms with Crippen molar-refractivity contribution in [2.75, 3.05) is 25.2 Å². The zero-order chi connectivity index (χ0) is 27.6. The van der Waals surface area contributed by atoms with Gasteiger partial charge < -0.3 is 19.3 Å². The van der Waals surface area contributed by atoms with Gasteiger partial charge in [0.25, 0.3) is 5.78 Å². The van der Waals surface area contributed by atoms with E-state index in [0.717, 1.165) is 16.9 Å². The van der Waals surface area contributed by atoms with Crippen molar-refractivity contribution in [3.05, 3.63) is 75.3 Å². The van der Waals surface area contributed by atoms with Crippen LogP contribution in [0.1, 0.15) is 51.9 Å². The van der Waals surface area contributed by atoms with Crippen molar-refractivity contribution in [2.45, 2.75) is 33.7 Å². The number of aliphatic hydroxyl groups excluding tert-OH is 1. The van der Waals surface area contributed by atoms with E-state index in [4.69, 9.17) is 14.2 Å². The number of ketones is 1. The van der Waals surface area contributed by atoms with Crippen LogP contribution in [0.15, 0.2) is 48.0 Å². The van der Waals surface area contributed by atoms with E-state index in [1.165, 1.54) is 4.90 Å². The molecule has 0 aliphatic carbocycles. The number of hydrogen-bond acceptors (Lipinski definition) is 9. The van der Waals surface area contributed by atoms with Gasteiger partial charge in [0.05, 0.1) is 31.6 Å². The molecule has 1 saturated heterocycles. The van der Waals surface area contributed by atoms with Crippen LogP contribution in [0, 0.1) is 13.8 Å². The van der Waals surface area contributed by atoms with Crippen LogP contribution in [-0.2, 0) is 14.3 Å². The topological polar surface area (TPSA) is 115 Å². The molecule has 0 spiro atoms. The average molecular weight is 537 g/mol. The van der Waals surface area contributed by atoms with E-state index in [1.54, 1.807) is 63.4 Å². The lowest BCUT2D eigenvalue weighted by Gasteiger charge is -2.24. The van der Waals surface area contributed by atoms with E-state index in [0.29, 0.717) is 34.9 Å². The summed E-state index contributed by atoms with van der Waals surface area (Å²) in [5.41, 5.74) is 1.84. The maximum atomic E-state index is 13.5. The minimum absolute atomic E-state index is 0.114. The molecule has 1 aromatic heterocycles. The fourth-order valence-corrected chi connectivity index (χ4v) is 5.36. The molecule has 38 heavy (non-hydrogen) atoms. The molecule has 1 N–H and O–H groups in total. The largest absolute Gasteiger partial charge is 0.507 e. The number of aliphatic hydroxyl groups is 1. The first-order chi connectivity index (χ1) is 18.2. The molecule has 2 heterocycles. The van der Waals surface area contributed by atoms with E-state index in [9.17, 15) is 19.5 Å². The third kappa shape index (κ3) is 4.74. The molecule has 3 aromatic rings. The number of ether oxygens (including phenoxy) is 3. The van der Waals surface area contributed by atoms with Gasteiger partial charge in [-0.25, -0.2) is 9.78 Å². The Hall–Kier alpha value is -4.18. The van der Waals surface area contributed by atoms with Crippen LogP contribution in [0.4, 0.5) is 5.13 Å². The van der Waals surface area contributed by atoms with E-state index >= 15 is 0 Å². The molecule has 2 aromatic carbocycles. The van der Waals surface area contributed by atoms with Gasteiger partial charge in [0, 0.05) is 11.1 Å². The van der Waals surface area contributed by atoms with Gasteiger partial charge in [-0.05, 0) is 57.5 Å². The standard InChI is InChI=1S/C28H28N2O7S/c1-6-36-20-11-9-8-10-18(20)22-21(23(31)17-12-13-19(35-5)15(3)14-17)24(32)26(33)30(22)28-29-16(4)25(38-28)27(34)37-7-2/h8-14,22,31H,6-7H2,1-5H3/b23-21+/t22-/m0/s1. The Labute approximate surface area is 224 Å². The number of anilines is 1. The summed E-state index contributed by atoms with van der Waals surface area (Å²) in [5.74, 6) is -1.60. The van der Waals surface area contributed by atoms with Gasteiger partial charge in [0.1, 0.15) is 28.2 Å². The van der Waals surface area contributed by atoms with Gasteiger partial charge in [-0.1, -0.05) is 29.5 Å². The zero-order valence-corrected chi connectivity index (χ0v) is 22.5. The van der Waals surface area contributed by atoms with Crippen LogP contribution in [0.3, 0.4) is 0 Å². The van der Waals surface area contributed by atoms with Crippen LogP contribution >= 0.6 is 11.3 Å². The van der Waals surface area contributed by atoms with Crippen molar-refractivity contribution >= 4 is 39.9 Å². The third-order valence-corrected chi connectivity index (χ3v) is 7.22. The molecule has 1 amide bonds. The molecule has 0 bridgehead atoms. The van der Waals surface area contributed by atoms with Crippen LogP contribution in [0.2, 0.25) is 0 Å². The third-order valence-electron chi connectivity index (χ3n) is 6.08. The number of carbonyl (C=O) groups is 3. The highest BCUT2D eigenvalue weighted by atomic mass is 32.1.